The first kappa shape index (κ1) is 17.8. The lowest BCUT2D eigenvalue weighted by atomic mass is 10.3. The molecule has 3 aromatic rings. The van der Waals surface area contributed by atoms with Crippen LogP contribution in [0.25, 0.3) is 11.0 Å². The summed E-state index contributed by atoms with van der Waals surface area (Å²) in [7, 11) is -1.66. The molecule has 0 aliphatic carbocycles. The molecule has 0 saturated heterocycles. The summed E-state index contributed by atoms with van der Waals surface area (Å²) in [6.45, 7) is 0.147. The molecule has 26 heavy (non-hydrogen) atoms. The quantitative estimate of drug-likeness (QED) is 0.697. The van der Waals surface area contributed by atoms with Crippen LogP contribution in [0.15, 0.2) is 46.5 Å². The van der Waals surface area contributed by atoms with Crippen molar-refractivity contribution in [3.8, 4) is 0 Å². The minimum atomic E-state index is -3.35. The van der Waals surface area contributed by atoms with Crippen LogP contribution in [0.4, 0.5) is 5.69 Å². The fourth-order valence-electron chi connectivity index (χ4n) is 2.48. The van der Waals surface area contributed by atoms with Gasteiger partial charge in [0.15, 0.2) is 15.5 Å². The van der Waals surface area contributed by atoms with Crippen molar-refractivity contribution in [2.45, 2.75) is 17.9 Å². The standard InChI is InChI=1S/C16H17N5O4S/c1-20-15-13(9-18-20)16(23)21(10-17-15)7-6-14(22)19-11-4-3-5-12(8-11)26(2,24)25/h3-5,8-10H,6-7H2,1-2H3,(H,19,22). The number of nitrogens with one attached hydrogen (secondary N) is 1. The van der Waals surface area contributed by atoms with Gasteiger partial charge >= 0.3 is 0 Å². The molecule has 3 rings (SSSR count). The molecule has 0 unspecified atom stereocenters. The SMILES string of the molecule is Cn1ncc2c(=O)n(CCC(=O)Nc3cccc(S(C)(=O)=O)c3)cnc21. The number of amides is 1. The number of carbonyl (C=O) groups is 1. The molecular weight excluding hydrogens is 358 g/mol. The topological polar surface area (TPSA) is 116 Å². The first-order valence-corrected chi connectivity index (χ1v) is 9.62. The van der Waals surface area contributed by atoms with Gasteiger partial charge in [0.1, 0.15) is 5.39 Å². The number of anilines is 1. The van der Waals surface area contributed by atoms with E-state index in [9.17, 15) is 18.0 Å². The molecule has 0 saturated carbocycles. The summed E-state index contributed by atoms with van der Waals surface area (Å²) in [6.07, 6.45) is 3.96. The van der Waals surface area contributed by atoms with Crippen LogP contribution in [-0.2, 0) is 28.2 Å². The van der Waals surface area contributed by atoms with Crippen LogP contribution in [0.2, 0.25) is 0 Å². The maximum Gasteiger partial charge on any atom is 0.264 e. The normalized spacial score (nSPS) is 11.6. The van der Waals surface area contributed by atoms with Crippen LogP contribution in [0.1, 0.15) is 6.42 Å². The summed E-state index contributed by atoms with van der Waals surface area (Å²) in [5.74, 6) is -0.339. The zero-order valence-electron chi connectivity index (χ0n) is 14.2. The summed E-state index contributed by atoms with van der Waals surface area (Å²) < 4.78 is 26.0. The Hall–Kier alpha value is -3.01. The van der Waals surface area contributed by atoms with Gasteiger partial charge in [0.25, 0.3) is 5.56 Å². The monoisotopic (exact) mass is 375 g/mol. The lowest BCUT2D eigenvalue weighted by Gasteiger charge is -2.08. The second-order valence-corrected chi connectivity index (χ2v) is 7.86. The molecule has 0 radical (unpaired) electrons. The highest BCUT2D eigenvalue weighted by molar-refractivity contribution is 7.90. The number of sulfone groups is 1. The summed E-state index contributed by atoms with van der Waals surface area (Å²) in [5.41, 5.74) is 0.592. The van der Waals surface area contributed by atoms with Gasteiger partial charge in [-0.25, -0.2) is 13.4 Å². The Morgan fingerprint density at radius 1 is 1.31 bits per heavy atom. The maximum atomic E-state index is 12.3. The number of aryl methyl sites for hydroxylation is 2. The average Bonchev–Trinajstić information content (AvgIpc) is 2.96. The molecular formula is C16H17N5O4S. The molecule has 1 N–H and O–H groups in total. The van der Waals surface area contributed by atoms with Crippen molar-refractivity contribution >= 4 is 32.5 Å². The van der Waals surface area contributed by atoms with Crippen molar-refractivity contribution in [1.29, 1.82) is 0 Å². The largest absolute Gasteiger partial charge is 0.326 e. The van der Waals surface area contributed by atoms with Crippen LogP contribution < -0.4 is 10.9 Å². The zero-order chi connectivity index (χ0) is 18.9. The molecule has 1 aromatic carbocycles. The maximum absolute atomic E-state index is 12.3. The Balaban J connectivity index is 1.70. The Labute approximate surface area is 149 Å². The molecule has 136 valence electrons. The van der Waals surface area contributed by atoms with Crippen molar-refractivity contribution in [2.24, 2.45) is 7.05 Å². The number of rotatable bonds is 5. The minimum absolute atomic E-state index is 0.0382. The van der Waals surface area contributed by atoms with Gasteiger partial charge in [0.05, 0.1) is 17.4 Å². The van der Waals surface area contributed by atoms with Gasteiger partial charge in [-0.3, -0.25) is 18.8 Å². The number of aromatic nitrogens is 4. The van der Waals surface area contributed by atoms with E-state index in [1.54, 1.807) is 19.2 Å². The van der Waals surface area contributed by atoms with Gasteiger partial charge in [-0.15, -0.1) is 0 Å². The Kier molecular flexibility index (Phi) is 4.60. The fraction of sp³-hybridized carbons (Fsp3) is 0.250. The Bertz CT molecular complexity index is 1150. The summed E-state index contributed by atoms with van der Waals surface area (Å²) in [6, 6.07) is 6.00. The lowest BCUT2D eigenvalue weighted by molar-refractivity contribution is -0.116. The van der Waals surface area contributed by atoms with Gasteiger partial charge in [-0.2, -0.15) is 5.10 Å². The lowest BCUT2D eigenvalue weighted by Crippen LogP contribution is -2.23. The summed E-state index contributed by atoms with van der Waals surface area (Å²) >= 11 is 0. The van der Waals surface area contributed by atoms with Crippen molar-refractivity contribution in [3.05, 3.63) is 47.1 Å². The van der Waals surface area contributed by atoms with Gasteiger partial charge in [-0.1, -0.05) is 6.07 Å². The molecule has 0 aliphatic heterocycles. The molecule has 0 fully saturated rings. The van der Waals surface area contributed by atoms with Gasteiger partial charge in [0, 0.05) is 32.0 Å². The third kappa shape index (κ3) is 3.64. The Morgan fingerprint density at radius 3 is 2.81 bits per heavy atom. The average molecular weight is 375 g/mol. The summed E-state index contributed by atoms with van der Waals surface area (Å²) in [4.78, 5) is 28.7. The van der Waals surface area contributed by atoms with E-state index in [1.807, 2.05) is 0 Å². The molecule has 2 heterocycles. The van der Waals surface area contributed by atoms with Crippen LogP contribution >= 0.6 is 0 Å². The first-order valence-electron chi connectivity index (χ1n) is 7.73. The van der Waals surface area contributed by atoms with Gasteiger partial charge in [-0.05, 0) is 18.2 Å². The van der Waals surface area contributed by atoms with Crippen LogP contribution in [-0.4, -0.2) is 39.9 Å². The van der Waals surface area contributed by atoms with E-state index in [-0.39, 0.29) is 29.3 Å². The van der Waals surface area contributed by atoms with Crippen LogP contribution in [0, 0.1) is 0 Å². The predicted molar refractivity (Wildman–Crippen MR) is 95.6 cm³/mol. The molecule has 0 bridgehead atoms. The zero-order valence-corrected chi connectivity index (χ0v) is 15.0. The highest BCUT2D eigenvalue weighted by Crippen LogP contribution is 2.15. The minimum Gasteiger partial charge on any atom is -0.326 e. The van der Waals surface area contributed by atoms with Crippen LogP contribution in [0.5, 0.6) is 0 Å². The van der Waals surface area contributed by atoms with Crippen molar-refractivity contribution in [3.63, 3.8) is 0 Å². The van der Waals surface area contributed by atoms with E-state index < -0.39 is 9.84 Å². The fourth-order valence-corrected chi connectivity index (χ4v) is 3.14. The van der Waals surface area contributed by atoms with E-state index in [2.05, 4.69) is 15.4 Å². The Morgan fingerprint density at radius 2 is 2.08 bits per heavy atom. The van der Waals surface area contributed by atoms with Gasteiger partial charge in [0.2, 0.25) is 5.91 Å². The highest BCUT2D eigenvalue weighted by atomic mass is 32.2. The van der Waals surface area contributed by atoms with E-state index in [1.165, 1.54) is 33.9 Å². The van der Waals surface area contributed by atoms with Crippen molar-refractivity contribution in [2.75, 3.05) is 11.6 Å². The van der Waals surface area contributed by atoms with Crippen molar-refractivity contribution < 1.29 is 13.2 Å². The molecule has 0 aliphatic rings. The van der Waals surface area contributed by atoms with Crippen molar-refractivity contribution in [1.82, 2.24) is 19.3 Å². The third-order valence-corrected chi connectivity index (χ3v) is 4.95. The molecule has 0 atom stereocenters. The first-order chi connectivity index (χ1) is 12.3. The molecule has 0 spiro atoms. The van der Waals surface area contributed by atoms with Gasteiger partial charge < -0.3 is 5.32 Å². The molecule has 10 heteroatoms. The smallest absolute Gasteiger partial charge is 0.264 e. The number of carbonyl (C=O) groups excluding carboxylic acids is 1. The predicted octanol–water partition coefficient (Wildman–Crippen LogP) is 0.562. The van der Waals surface area contributed by atoms with E-state index in [0.717, 1.165) is 6.26 Å². The molecule has 2 aromatic heterocycles. The second kappa shape index (κ2) is 6.71. The number of hydrogen-bond donors (Lipinski definition) is 1. The van der Waals surface area contributed by atoms with E-state index in [4.69, 9.17) is 0 Å². The van der Waals surface area contributed by atoms with E-state index in [0.29, 0.717) is 16.7 Å². The highest BCUT2D eigenvalue weighted by Gasteiger charge is 2.11. The number of benzene rings is 1. The number of nitrogens with zero attached hydrogens (tertiary/aromatic N) is 4. The molecule has 1 amide bonds. The van der Waals surface area contributed by atoms with E-state index >= 15 is 0 Å². The summed E-state index contributed by atoms with van der Waals surface area (Å²) in [5, 5.41) is 7.00. The second-order valence-electron chi connectivity index (χ2n) is 5.85. The number of hydrogen-bond acceptors (Lipinski definition) is 6. The van der Waals surface area contributed by atoms with Crippen LogP contribution in [0.3, 0.4) is 0 Å². The third-order valence-electron chi connectivity index (χ3n) is 3.84. The molecule has 9 nitrogen and oxygen atoms in total. The number of fused-ring (bicyclic) bond motifs is 1.